The number of halogens is 1. The first-order chi connectivity index (χ1) is 8.47. The average Bonchev–Trinajstić information content (AvgIpc) is 2.29. The Morgan fingerprint density at radius 1 is 1.56 bits per heavy atom. The lowest BCUT2D eigenvalue weighted by molar-refractivity contribution is -0.132. The molecule has 0 aromatic heterocycles. The van der Waals surface area contributed by atoms with E-state index in [0.29, 0.717) is 23.7 Å². The summed E-state index contributed by atoms with van der Waals surface area (Å²) in [5.74, 6) is 0.238. The van der Waals surface area contributed by atoms with Gasteiger partial charge >= 0.3 is 0 Å². The van der Waals surface area contributed by atoms with Crippen molar-refractivity contribution < 1.29 is 9.18 Å². The molecule has 1 aromatic carbocycles. The number of carbonyl (C=O) groups excluding carboxylic acids is 1. The standard InChI is InChI=1S/C14H19FN2O/c1-9-6-14(7-9,8-16)13(18)17-11-3-4-12(15)10(2)5-11/h3-5,9H,6-8,16H2,1-2H3,(H,17,18). The summed E-state index contributed by atoms with van der Waals surface area (Å²) in [6.07, 6.45) is 1.66. The van der Waals surface area contributed by atoms with Gasteiger partial charge in [0, 0.05) is 12.2 Å². The van der Waals surface area contributed by atoms with Crippen molar-refractivity contribution in [3.05, 3.63) is 29.6 Å². The molecule has 4 heteroatoms. The number of rotatable bonds is 3. The third-order valence-corrected chi connectivity index (χ3v) is 3.77. The molecule has 0 aliphatic heterocycles. The van der Waals surface area contributed by atoms with Crippen molar-refractivity contribution in [2.24, 2.45) is 17.1 Å². The van der Waals surface area contributed by atoms with Crippen LogP contribution >= 0.6 is 0 Å². The van der Waals surface area contributed by atoms with Crippen LogP contribution in [-0.2, 0) is 4.79 Å². The Bertz CT molecular complexity index is 467. The highest BCUT2D eigenvalue weighted by Gasteiger charge is 2.47. The molecule has 0 spiro atoms. The lowest BCUT2D eigenvalue weighted by Crippen LogP contribution is -2.51. The van der Waals surface area contributed by atoms with Crippen LogP contribution in [0, 0.1) is 24.1 Å². The molecule has 0 saturated heterocycles. The minimum absolute atomic E-state index is 0.0471. The molecular formula is C14H19FN2O. The maximum atomic E-state index is 13.1. The first-order valence-corrected chi connectivity index (χ1v) is 6.24. The molecular weight excluding hydrogens is 231 g/mol. The summed E-state index contributed by atoms with van der Waals surface area (Å²) in [5.41, 5.74) is 6.45. The van der Waals surface area contributed by atoms with E-state index in [0.717, 1.165) is 12.8 Å². The number of nitrogens with one attached hydrogen (secondary N) is 1. The average molecular weight is 250 g/mol. The van der Waals surface area contributed by atoms with Crippen molar-refractivity contribution in [2.45, 2.75) is 26.7 Å². The zero-order chi connectivity index (χ0) is 13.3. The van der Waals surface area contributed by atoms with E-state index in [1.54, 1.807) is 19.1 Å². The minimum atomic E-state index is -0.429. The molecule has 98 valence electrons. The summed E-state index contributed by atoms with van der Waals surface area (Å²) in [4.78, 5) is 12.2. The van der Waals surface area contributed by atoms with Crippen molar-refractivity contribution in [1.29, 1.82) is 0 Å². The van der Waals surface area contributed by atoms with Crippen LogP contribution in [0.5, 0.6) is 0 Å². The maximum Gasteiger partial charge on any atom is 0.231 e. The molecule has 0 radical (unpaired) electrons. The van der Waals surface area contributed by atoms with Gasteiger partial charge in [-0.05, 0) is 49.4 Å². The van der Waals surface area contributed by atoms with Gasteiger partial charge in [0.15, 0.2) is 0 Å². The lowest BCUT2D eigenvalue weighted by Gasteiger charge is -2.44. The molecule has 18 heavy (non-hydrogen) atoms. The highest BCUT2D eigenvalue weighted by atomic mass is 19.1. The largest absolute Gasteiger partial charge is 0.329 e. The Morgan fingerprint density at radius 3 is 2.72 bits per heavy atom. The smallest absolute Gasteiger partial charge is 0.231 e. The van der Waals surface area contributed by atoms with Gasteiger partial charge in [-0.1, -0.05) is 6.92 Å². The molecule has 0 bridgehead atoms. The topological polar surface area (TPSA) is 55.1 Å². The predicted octanol–water partition coefficient (Wildman–Crippen LogP) is 2.45. The number of amides is 1. The van der Waals surface area contributed by atoms with Crippen molar-refractivity contribution in [3.63, 3.8) is 0 Å². The summed E-state index contributed by atoms with van der Waals surface area (Å²) in [6.45, 7) is 4.15. The zero-order valence-corrected chi connectivity index (χ0v) is 10.8. The molecule has 1 aromatic rings. The van der Waals surface area contributed by atoms with Crippen LogP contribution in [0.3, 0.4) is 0 Å². The second-order valence-corrected chi connectivity index (χ2v) is 5.42. The van der Waals surface area contributed by atoms with Crippen molar-refractivity contribution in [3.8, 4) is 0 Å². The van der Waals surface area contributed by atoms with Crippen LogP contribution in [0.1, 0.15) is 25.3 Å². The first kappa shape index (κ1) is 13.0. The quantitative estimate of drug-likeness (QED) is 0.865. The van der Waals surface area contributed by atoms with Crippen LogP contribution in [0.25, 0.3) is 0 Å². The Hall–Kier alpha value is -1.42. The predicted molar refractivity (Wildman–Crippen MR) is 69.7 cm³/mol. The summed E-state index contributed by atoms with van der Waals surface area (Å²) in [6, 6.07) is 4.58. The van der Waals surface area contributed by atoms with Gasteiger partial charge in [-0.2, -0.15) is 0 Å². The van der Waals surface area contributed by atoms with Gasteiger partial charge in [0.25, 0.3) is 0 Å². The van der Waals surface area contributed by atoms with Crippen LogP contribution in [0.15, 0.2) is 18.2 Å². The summed E-state index contributed by atoms with van der Waals surface area (Å²) in [7, 11) is 0. The van der Waals surface area contributed by atoms with E-state index in [4.69, 9.17) is 5.73 Å². The molecule has 0 heterocycles. The highest BCUT2D eigenvalue weighted by Crippen LogP contribution is 2.45. The van der Waals surface area contributed by atoms with Crippen LogP contribution in [0.4, 0.5) is 10.1 Å². The Balaban J connectivity index is 2.09. The van der Waals surface area contributed by atoms with E-state index in [9.17, 15) is 9.18 Å². The Labute approximate surface area is 107 Å². The van der Waals surface area contributed by atoms with Gasteiger partial charge < -0.3 is 11.1 Å². The van der Waals surface area contributed by atoms with Crippen LogP contribution in [-0.4, -0.2) is 12.5 Å². The van der Waals surface area contributed by atoms with Crippen LogP contribution < -0.4 is 11.1 Å². The summed E-state index contributed by atoms with van der Waals surface area (Å²) >= 11 is 0. The summed E-state index contributed by atoms with van der Waals surface area (Å²) in [5, 5.41) is 2.84. The number of carbonyl (C=O) groups is 1. The van der Waals surface area contributed by atoms with Gasteiger partial charge in [0.1, 0.15) is 5.82 Å². The SMILES string of the molecule is Cc1cc(NC(=O)C2(CN)CC(C)C2)ccc1F. The molecule has 0 unspecified atom stereocenters. The second kappa shape index (κ2) is 4.69. The molecule has 1 amide bonds. The summed E-state index contributed by atoms with van der Waals surface area (Å²) < 4.78 is 13.1. The molecule has 1 aliphatic rings. The third kappa shape index (κ3) is 2.25. The number of aryl methyl sites for hydroxylation is 1. The van der Waals surface area contributed by atoms with Gasteiger partial charge in [-0.3, -0.25) is 4.79 Å². The molecule has 1 saturated carbocycles. The van der Waals surface area contributed by atoms with E-state index in [1.165, 1.54) is 6.07 Å². The van der Waals surface area contributed by atoms with E-state index >= 15 is 0 Å². The van der Waals surface area contributed by atoms with Crippen molar-refractivity contribution in [1.82, 2.24) is 0 Å². The van der Waals surface area contributed by atoms with E-state index < -0.39 is 5.41 Å². The number of benzene rings is 1. The molecule has 1 fully saturated rings. The number of nitrogens with two attached hydrogens (primary N) is 1. The van der Waals surface area contributed by atoms with Gasteiger partial charge in [0.2, 0.25) is 5.91 Å². The monoisotopic (exact) mass is 250 g/mol. The third-order valence-electron chi connectivity index (χ3n) is 3.77. The molecule has 2 rings (SSSR count). The fraction of sp³-hybridized carbons (Fsp3) is 0.500. The number of anilines is 1. The fourth-order valence-electron chi connectivity index (χ4n) is 2.71. The number of hydrogen-bond donors (Lipinski definition) is 2. The van der Waals surface area contributed by atoms with Crippen LogP contribution in [0.2, 0.25) is 0 Å². The van der Waals surface area contributed by atoms with E-state index in [2.05, 4.69) is 12.2 Å². The minimum Gasteiger partial charge on any atom is -0.329 e. The lowest BCUT2D eigenvalue weighted by atomic mass is 9.62. The molecule has 3 N–H and O–H groups in total. The van der Waals surface area contributed by atoms with Gasteiger partial charge in [-0.15, -0.1) is 0 Å². The van der Waals surface area contributed by atoms with E-state index in [-0.39, 0.29) is 11.7 Å². The molecule has 3 nitrogen and oxygen atoms in total. The van der Waals surface area contributed by atoms with Gasteiger partial charge in [0.05, 0.1) is 5.41 Å². The van der Waals surface area contributed by atoms with Gasteiger partial charge in [-0.25, -0.2) is 4.39 Å². The Morgan fingerprint density at radius 2 is 2.22 bits per heavy atom. The Kier molecular flexibility index (Phi) is 3.39. The fourth-order valence-corrected chi connectivity index (χ4v) is 2.71. The first-order valence-electron chi connectivity index (χ1n) is 6.24. The van der Waals surface area contributed by atoms with Crippen molar-refractivity contribution in [2.75, 3.05) is 11.9 Å². The molecule has 1 aliphatic carbocycles. The molecule has 0 atom stereocenters. The normalized spacial score (nSPS) is 26.6. The number of hydrogen-bond acceptors (Lipinski definition) is 2. The maximum absolute atomic E-state index is 13.1. The second-order valence-electron chi connectivity index (χ2n) is 5.42. The van der Waals surface area contributed by atoms with Crippen molar-refractivity contribution >= 4 is 11.6 Å². The highest BCUT2D eigenvalue weighted by molar-refractivity contribution is 5.96. The van der Waals surface area contributed by atoms with E-state index in [1.807, 2.05) is 0 Å². The zero-order valence-electron chi connectivity index (χ0n) is 10.8.